The van der Waals surface area contributed by atoms with Crippen LogP contribution in [0.1, 0.15) is 31.0 Å². The van der Waals surface area contributed by atoms with Gasteiger partial charge in [0.05, 0.1) is 18.8 Å². The van der Waals surface area contributed by atoms with Crippen LogP contribution in [0.4, 0.5) is 0 Å². The van der Waals surface area contributed by atoms with E-state index >= 15 is 0 Å². The van der Waals surface area contributed by atoms with E-state index in [-0.39, 0.29) is 6.04 Å². The van der Waals surface area contributed by atoms with E-state index in [1.165, 1.54) is 0 Å². The van der Waals surface area contributed by atoms with Crippen molar-refractivity contribution in [2.24, 2.45) is 5.73 Å². The minimum atomic E-state index is -0.201. The van der Waals surface area contributed by atoms with E-state index in [1.54, 1.807) is 0 Å². The molecule has 0 saturated heterocycles. The highest BCUT2D eigenvalue weighted by molar-refractivity contribution is 5.40. The number of aromatic nitrogens is 2. The fraction of sp³-hybridized carbons (Fsp3) is 0.357. The molecule has 2 rings (SSSR count). The fourth-order valence-electron chi connectivity index (χ4n) is 1.92. The van der Waals surface area contributed by atoms with Crippen molar-refractivity contribution in [2.45, 2.75) is 26.4 Å². The van der Waals surface area contributed by atoms with Crippen LogP contribution in [-0.4, -0.2) is 16.4 Å². The van der Waals surface area contributed by atoms with Gasteiger partial charge in [-0.15, -0.1) is 0 Å². The Morgan fingerprint density at radius 3 is 2.78 bits per heavy atom. The molecular weight excluding hydrogens is 226 g/mol. The Morgan fingerprint density at radius 1 is 1.33 bits per heavy atom. The molecule has 1 atom stereocenters. The van der Waals surface area contributed by atoms with Crippen molar-refractivity contribution in [3.05, 3.63) is 47.8 Å². The molecule has 1 unspecified atom stereocenters. The molecule has 0 aliphatic heterocycles. The molecule has 96 valence electrons. The van der Waals surface area contributed by atoms with Gasteiger partial charge in [-0.2, -0.15) is 5.10 Å². The molecule has 1 aromatic carbocycles. The van der Waals surface area contributed by atoms with Gasteiger partial charge in [0.25, 0.3) is 0 Å². The van der Waals surface area contributed by atoms with Crippen molar-refractivity contribution in [2.75, 3.05) is 6.61 Å². The lowest BCUT2D eigenvalue weighted by molar-refractivity contribution is 0.335. The molecule has 1 heterocycles. The van der Waals surface area contributed by atoms with Crippen molar-refractivity contribution in [3.63, 3.8) is 0 Å². The summed E-state index contributed by atoms with van der Waals surface area (Å²) in [5, 5.41) is 4.25. The second kappa shape index (κ2) is 5.69. The Bertz CT molecular complexity index is 507. The second-order valence-electron chi connectivity index (χ2n) is 4.08. The summed E-state index contributed by atoms with van der Waals surface area (Å²) in [7, 11) is 0. The SMILES string of the molecule is CCOc1ccccc1C(N)c1cnn(CC)c1. The molecule has 2 N–H and O–H groups in total. The van der Waals surface area contributed by atoms with Crippen LogP contribution in [0.3, 0.4) is 0 Å². The van der Waals surface area contributed by atoms with E-state index in [0.717, 1.165) is 23.4 Å². The van der Waals surface area contributed by atoms with Crippen LogP contribution in [0.2, 0.25) is 0 Å². The monoisotopic (exact) mass is 245 g/mol. The van der Waals surface area contributed by atoms with E-state index in [0.29, 0.717) is 6.61 Å². The summed E-state index contributed by atoms with van der Waals surface area (Å²) in [4.78, 5) is 0. The van der Waals surface area contributed by atoms with E-state index < -0.39 is 0 Å². The summed E-state index contributed by atoms with van der Waals surface area (Å²) in [5.74, 6) is 0.844. The first-order chi connectivity index (χ1) is 8.76. The van der Waals surface area contributed by atoms with Gasteiger partial charge >= 0.3 is 0 Å². The minimum absolute atomic E-state index is 0.201. The Kier molecular flexibility index (Phi) is 3.99. The molecule has 0 radical (unpaired) electrons. The zero-order chi connectivity index (χ0) is 13.0. The van der Waals surface area contributed by atoms with E-state index in [4.69, 9.17) is 10.5 Å². The summed E-state index contributed by atoms with van der Waals surface area (Å²) in [5.41, 5.74) is 8.28. The number of ether oxygens (including phenoxy) is 1. The van der Waals surface area contributed by atoms with Gasteiger partial charge in [-0.1, -0.05) is 18.2 Å². The van der Waals surface area contributed by atoms with Gasteiger partial charge < -0.3 is 10.5 Å². The van der Waals surface area contributed by atoms with Crippen LogP contribution in [0.15, 0.2) is 36.7 Å². The van der Waals surface area contributed by atoms with Crippen molar-refractivity contribution < 1.29 is 4.74 Å². The Morgan fingerprint density at radius 2 is 2.11 bits per heavy atom. The Labute approximate surface area is 107 Å². The maximum absolute atomic E-state index is 6.28. The number of benzene rings is 1. The van der Waals surface area contributed by atoms with E-state index in [9.17, 15) is 0 Å². The maximum atomic E-state index is 6.28. The lowest BCUT2D eigenvalue weighted by Gasteiger charge is -2.15. The smallest absolute Gasteiger partial charge is 0.124 e. The number of aryl methyl sites for hydroxylation is 1. The van der Waals surface area contributed by atoms with Gasteiger partial charge in [0, 0.05) is 23.9 Å². The van der Waals surface area contributed by atoms with Crippen molar-refractivity contribution >= 4 is 0 Å². The Balaban J connectivity index is 2.29. The van der Waals surface area contributed by atoms with Crippen LogP contribution in [-0.2, 0) is 6.54 Å². The number of hydrogen-bond acceptors (Lipinski definition) is 3. The number of nitrogens with zero attached hydrogens (tertiary/aromatic N) is 2. The molecule has 0 aliphatic rings. The van der Waals surface area contributed by atoms with Crippen molar-refractivity contribution in [1.29, 1.82) is 0 Å². The lowest BCUT2D eigenvalue weighted by atomic mass is 10.0. The molecule has 0 amide bonds. The third kappa shape index (κ3) is 2.54. The van der Waals surface area contributed by atoms with Crippen LogP contribution < -0.4 is 10.5 Å². The molecule has 4 heteroatoms. The minimum Gasteiger partial charge on any atom is -0.494 e. The zero-order valence-electron chi connectivity index (χ0n) is 10.8. The average Bonchev–Trinajstić information content (AvgIpc) is 2.88. The Hall–Kier alpha value is -1.81. The molecule has 4 nitrogen and oxygen atoms in total. The first-order valence-corrected chi connectivity index (χ1v) is 6.26. The summed E-state index contributed by atoms with van der Waals surface area (Å²) in [6.45, 7) is 5.51. The fourth-order valence-corrected chi connectivity index (χ4v) is 1.92. The topological polar surface area (TPSA) is 53.1 Å². The van der Waals surface area contributed by atoms with Gasteiger partial charge in [-0.25, -0.2) is 0 Å². The highest BCUT2D eigenvalue weighted by Crippen LogP contribution is 2.27. The third-order valence-corrected chi connectivity index (χ3v) is 2.89. The molecule has 0 bridgehead atoms. The number of para-hydroxylation sites is 1. The molecule has 18 heavy (non-hydrogen) atoms. The predicted molar refractivity (Wildman–Crippen MR) is 71.5 cm³/mol. The van der Waals surface area contributed by atoms with Gasteiger partial charge in [0.2, 0.25) is 0 Å². The molecule has 0 fully saturated rings. The number of nitrogens with two attached hydrogens (primary N) is 1. The second-order valence-corrected chi connectivity index (χ2v) is 4.08. The van der Waals surface area contributed by atoms with Crippen LogP contribution in [0.25, 0.3) is 0 Å². The van der Waals surface area contributed by atoms with E-state index in [2.05, 4.69) is 12.0 Å². The molecular formula is C14H19N3O. The maximum Gasteiger partial charge on any atom is 0.124 e. The lowest BCUT2D eigenvalue weighted by Crippen LogP contribution is -2.13. The standard InChI is InChI=1S/C14H19N3O/c1-3-17-10-11(9-16-17)14(15)12-7-5-6-8-13(12)18-4-2/h5-10,14H,3-4,15H2,1-2H3. The molecule has 1 aromatic heterocycles. The highest BCUT2D eigenvalue weighted by Gasteiger charge is 2.15. The summed E-state index contributed by atoms with van der Waals surface area (Å²) < 4.78 is 7.48. The molecule has 0 aliphatic carbocycles. The van der Waals surface area contributed by atoms with E-state index in [1.807, 2.05) is 48.3 Å². The van der Waals surface area contributed by atoms with Crippen LogP contribution in [0.5, 0.6) is 5.75 Å². The highest BCUT2D eigenvalue weighted by atomic mass is 16.5. The predicted octanol–water partition coefficient (Wildman–Crippen LogP) is 2.35. The molecule has 0 spiro atoms. The quantitative estimate of drug-likeness (QED) is 0.879. The number of rotatable bonds is 5. The molecule has 0 saturated carbocycles. The number of hydrogen-bond donors (Lipinski definition) is 1. The summed E-state index contributed by atoms with van der Waals surface area (Å²) in [6, 6.07) is 7.67. The van der Waals surface area contributed by atoms with Crippen molar-refractivity contribution in [1.82, 2.24) is 9.78 Å². The summed E-state index contributed by atoms with van der Waals surface area (Å²) in [6.07, 6.45) is 3.80. The summed E-state index contributed by atoms with van der Waals surface area (Å²) >= 11 is 0. The van der Waals surface area contributed by atoms with Gasteiger partial charge in [0.15, 0.2) is 0 Å². The van der Waals surface area contributed by atoms with Crippen molar-refractivity contribution in [3.8, 4) is 5.75 Å². The first kappa shape index (κ1) is 12.6. The normalized spacial score (nSPS) is 12.4. The van der Waals surface area contributed by atoms with Gasteiger partial charge in [0.1, 0.15) is 5.75 Å². The van der Waals surface area contributed by atoms with Crippen LogP contribution in [0, 0.1) is 0 Å². The average molecular weight is 245 g/mol. The van der Waals surface area contributed by atoms with Crippen LogP contribution >= 0.6 is 0 Å². The first-order valence-electron chi connectivity index (χ1n) is 6.26. The van der Waals surface area contributed by atoms with Gasteiger partial charge in [-0.05, 0) is 19.9 Å². The largest absolute Gasteiger partial charge is 0.494 e. The third-order valence-electron chi connectivity index (χ3n) is 2.89. The zero-order valence-corrected chi connectivity index (χ0v) is 10.8. The van der Waals surface area contributed by atoms with Gasteiger partial charge in [-0.3, -0.25) is 4.68 Å². The molecule has 2 aromatic rings.